The van der Waals surface area contributed by atoms with Crippen LogP contribution in [0.25, 0.3) is 0 Å². The molecule has 1 heterocycles. The van der Waals surface area contributed by atoms with Gasteiger partial charge < -0.3 is 9.84 Å². The molecule has 0 aliphatic carbocycles. The van der Waals surface area contributed by atoms with Gasteiger partial charge in [0, 0.05) is 12.1 Å². The Morgan fingerprint density at radius 2 is 2.00 bits per heavy atom. The van der Waals surface area contributed by atoms with E-state index in [9.17, 15) is 5.11 Å². The average molecular weight is 249 g/mol. The normalized spacial score (nSPS) is 17.9. The zero-order valence-electron chi connectivity index (χ0n) is 11.1. The van der Waals surface area contributed by atoms with Gasteiger partial charge in [-0.2, -0.15) is 0 Å². The molecule has 2 rings (SSSR count). The second-order valence-corrected chi connectivity index (χ2v) is 5.14. The van der Waals surface area contributed by atoms with Crippen molar-refractivity contribution in [1.29, 1.82) is 0 Å². The molecule has 0 spiro atoms. The Balaban J connectivity index is 1.75. The number of hydrogen-bond acceptors (Lipinski definition) is 3. The minimum absolute atomic E-state index is 0.0391. The van der Waals surface area contributed by atoms with E-state index in [1.165, 1.54) is 25.9 Å². The third kappa shape index (κ3) is 3.72. The summed E-state index contributed by atoms with van der Waals surface area (Å²) in [6.07, 6.45) is 2.60. The summed E-state index contributed by atoms with van der Waals surface area (Å²) in [5.41, 5.74) is 0.866. The molecule has 100 valence electrons. The second kappa shape index (κ2) is 6.76. The number of para-hydroxylation sites is 1. The van der Waals surface area contributed by atoms with E-state index in [4.69, 9.17) is 4.74 Å². The molecule has 3 nitrogen and oxygen atoms in total. The number of aliphatic hydroxyl groups excluding tert-OH is 1. The Kier molecular flexibility index (Phi) is 5.02. The Morgan fingerprint density at radius 3 is 2.72 bits per heavy atom. The Hall–Kier alpha value is -1.06. The van der Waals surface area contributed by atoms with E-state index in [1.807, 2.05) is 24.3 Å². The van der Waals surface area contributed by atoms with Crippen LogP contribution in [0.2, 0.25) is 0 Å². The van der Waals surface area contributed by atoms with Gasteiger partial charge in [-0.15, -0.1) is 0 Å². The average Bonchev–Trinajstić information content (AvgIpc) is 2.41. The van der Waals surface area contributed by atoms with Crippen molar-refractivity contribution in [2.24, 2.45) is 5.92 Å². The van der Waals surface area contributed by atoms with Crippen LogP contribution in [-0.2, 0) is 6.61 Å². The lowest BCUT2D eigenvalue weighted by Crippen LogP contribution is -2.35. The highest BCUT2D eigenvalue weighted by molar-refractivity contribution is 5.32. The van der Waals surface area contributed by atoms with Crippen LogP contribution < -0.4 is 4.74 Å². The number of benzene rings is 1. The summed E-state index contributed by atoms with van der Waals surface area (Å²) < 4.78 is 5.76. The van der Waals surface area contributed by atoms with Crippen molar-refractivity contribution >= 4 is 0 Å². The molecule has 1 aromatic rings. The third-order valence-corrected chi connectivity index (χ3v) is 3.68. The molecule has 0 bridgehead atoms. The predicted molar refractivity (Wildman–Crippen MR) is 72.7 cm³/mol. The van der Waals surface area contributed by atoms with Gasteiger partial charge in [-0.3, -0.25) is 4.90 Å². The highest BCUT2D eigenvalue weighted by atomic mass is 16.5. The summed E-state index contributed by atoms with van der Waals surface area (Å²) in [5, 5.41) is 9.21. The lowest BCUT2D eigenvalue weighted by atomic mass is 9.99. The SMILES string of the molecule is CC1CCN(CCOc2ccccc2CO)CC1. The molecule has 1 fully saturated rings. The van der Waals surface area contributed by atoms with Crippen LogP contribution in [0.1, 0.15) is 25.3 Å². The van der Waals surface area contributed by atoms with E-state index in [-0.39, 0.29) is 6.61 Å². The first-order valence-corrected chi connectivity index (χ1v) is 6.83. The number of ether oxygens (including phenoxy) is 1. The number of rotatable bonds is 5. The van der Waals surface area contributed by atoms with Crippen molar-refractivity contribution < 1.29 is 9.84 Å². The first-order valence-electron chi connectivity index (χ1n) is 6.83. The molecule has 0 radical (unpaired) electrons. The number of piperidine rings is 1. The quantitative estimate of drug-likeness (QED) is 0.869. The van der Waals surface area contributed by atoms with Crippen LogP contribution in [-0.4, -0.2) is 36.2 Å². The molecule has 0 saturated carbocycles. The first kappa shape index (κ1) is 13.4. The van der Waals surface area contributed by atoms with Crippen LogP contribution in [0.4, 0.5) is 0 Å². The molecule has 1 N–H and O–H groups in total. The van der Waals surface area contributed by atoms with Gasteiger partial charge in [-0.25, -0.2) is 0 Å². The predicted octanol–water partition coefficient (Wildman–Crippen LogP) is 2.29. The molecule has 1 aliphatic rings. The van der Waals surface area contributed by atoms with Gasteiger partial charge in [0.05, 0.1) is 6.61 Å². The monoisotopic (exact) mass is 249 g/mol. The van der Waals surface area contributed by atoms with Crippen molar-refractivity contribution in [2.75, 3.05) is 26.2 Å². The highest BCUT2D eigenvalue weighted by Crippen LogP contribution is 2.18. The third-order valence-electron chi connectivity index (χ3n) is 3.68. The highest BCUT2D eigenvalue weighted by Gasteiger charge is 2.15. The smallest absolute Gasteiger partial charge is 0.124 e. The summed E-state index contributed by atoms with van der Waals surface area (Å²) in [5.74, 6) is 1.68. The molecular weight excluding hydrogens is 226 g/mol. The molecule has 18 heavy (non-hydrogen) atoms. The second-order valence-electron chi connectivity index (χ2n) is 5.14. The van der Waals surface area contributed by atoms with E-state index in [2.05, 4.69) is 11.8 Å². The topological polar surface area (TPSA) is 32.7 Å². The van der Waals surface area contributed by atoms with E-state index in [1.54, 1.807) is 0 Å². The summed E-state index contributed by atoms with van der Waals surface area (Å²) >= 11 is 0. The number of likely N-dealkylation sites (tertiary alicyclic amines) is 1. The van der Waals surface area contributed by atoms with Gasteiger partial charge in [-0.05, 0) is 37.9 Å². The van der Waals surface area contributed by atoms with Gasteiger partial charge in [0.1, 0.15) is 12.4 Å². The maximum absolute atomic E-state index is 9.21. The first-order chi connectivity index (χ1) is 8.79. The molecule has 0 amide bonds. The Bertz CT molecular complexity index is 359. The molecule has 0 unspecified atom stereocenters. The maximum atomic E-state index is 9.21. The standard InChI is InChI=1S/C15H23NO2/c1-13-6-8-16(9-7-13)10-11-18-15-5-3-2-4-14(15)12-17/h2-5,13,17H,6-12H2,1H3. The van der Waals surface area contributed by atoms with Gasteiger partial charge in [0.15, 0.2) is 0 Å². The lowest BCUT2D eigenvalue weighted by molar-refractivity contribution is 0.159. The van der Waals surface area contributed by atoms with Crippen molar-refractivity contribution in [3.8, 4) is 5.75 Å². The van der Waals surface area contributed by atoms with E-state index in [0.29, 0.717) is 6.61 Å². The molecule has 1 aromatic carbocycles. The lowest BCUT2D eigenvalue weighted by Gasteiger charge is -2.30. The van der Waals surface area contributed by atoms with Crippen LogP contribution in [0.5, 0.6) is 5.75 Å². The van der Waals surface area contributed by atoms with Crippen molar-refractivity contribution in [3.63, 3.8) is 0 Å². The molecular formula is C15H23NO2. The Labute approximate surface area is 109 Å². The fourth-order valence-electron chi connectivity index (χ4n) is 2.35. The van der Waals surface area contributed by atoms with Gasteiger partial charge in [0.2, 0.25) is 0 Å². The van der Waals surface area contributed by atoms with E-state index >= 15 is 0 Å². The van der Waals surface area contributed by atoms with Crippen molar-refractivity contribution in [3.05, 3.63) is 29.8 Å². The van der Waals surface area contributed by atoms with E-state index < -0.39 is 0 Å². The zero-order valence-corrected chi connectivity index (χ0v) is 11.1. The largest absolute Gasteiger partial charge is 0.492 e. The summed E-state index contributed by atoms with van der Waals surface area (Å²) in [4.78, 5) is 2.46. The zero-order chi connectivity index (χ0) is 12.8. The molecule has 1 saturated heterocycles. The fraction of sp³-hybridized carbons (Fsp3) is 0.600. The number of nitrogens with zero attached hydrogens (tertiary/aromatic N) is 1. The van der Waals surface area contributed by atoms with Crippen LogP contribution in [0, 0.1) is 5.92 Å². The van der Waals surface area contributed by atoms with Crippen LogP contribution >= 0.6 is 0 Å². The minimum atomic E-state index is 0.0391. The van der Waals surface area contributed by atoms with Crippen LogP contribution in [0.15, 0.2) is 24.3 Å². The van der Waals surface area contributed by atoms with Gasteiger partial charge in [-0.1, -0.05) is 25.1 Å². The van der Waals surface area contributed by atoms with Crippen LogP contribution in [0.3, 0.4) is 0 Å². The molecule has 1 aliphatic heterocycles. The summed E-state index contributed by atoms with van der Waals surface area (Å²) in [6.45, 7) is 6.42. The molecule has 3 heteroatoms. The van der Waals surface area contributed by atoms with Crippen molar-refractivity contribution in [2.45, 2.75) is 26.4 Å². The minimum Gasteiger partial charge on any atom is -0.492 e. The maximum Gasteiger partial charge on any atom is 0.124 e. The van der Waals surface area contributed by atoms with Gasteiger partial charge >= 0.3 is 0 Å². The summed E-state index contributed by atoms with van der Waals surface area (Å²) in [6, 6.07) is 7.68. The Morgan fingerprint density at radius 1 is 1.28 bits per heavy atom. The van der Waals surface area contributed by atoms with E-state index in [0.717, 1.165) is 23.8 Å². The van der Waals surface area contributed by atoms with Gasteiger partial charge in [0.25, 0.3) is 0 Å². The summed E-state index contributed by atoms with van der Waals surface area (Å²) in [7, 11) is 0. The van der Waals surface area contributed by atoms with Crippen molar-refractivity contribution in [1.82, 2.24) is 4.90 Å². The number of hydrogen-bond donors (Lipinski definition) is 1. The fourth-order valence-corrected chi connectivity index (χ4v) is 2.35. The molecule has 0 aromatic heterocycles. The molecule has 0 atom stereocenters. The number of aliphatic hydroxyl groups is 1.